The molecule has 0 heterocycles. The van der Waals surface area contributed by atoms with Gasteiger partial charge in [-0.3, -0.25) is 24.7 Å². The summed E-state index contributed by atoms with van der Waals surface area (Å²) in [6.07, 6.45) is 0. The Morgan fingerprint density at radius 1 is 0.718 bits per heavy atom. The predicted octanol–water partition coefficient (Wildman–Crippen LogP) is 4.17. The third-order valence-corrected chi connectivity index (χ3v) is 7.60. The monoisotopic (exact) mass is 545 g/mol. The molecule has 0 aromatic heterocycles. The molecule has 0 radical (unpaired) electrons. The summed E-state index contributed by atoms with van der Waals surface area (Å²) in [5, 5.41) is 0. The maximum Gasteiger partial charge on any atom is 0.269 e. The SMILES string of the molecule is COc1ccc(C(=O)NNC(=O)c2cccc(S(=O)(=O)N(Cc3ccccc3)c3ccccc3OC)c2)cc1. The Balaban J connectivity index is 1.59. The molecule has 0 aliphatic heterocycles. The van der Waals surface area contributed by atoms with E-state index in [1.165, 1.54) is 42.8 Å². The van der Waals surface area contributed by atoms with Gasteiger partial charge in [0.25, 0.3) is 21.8 Å². The molecule has 0 aliphatic rings. The van der Waals surface area contributed by atoms with E-state index < -0.39 is 21.8 Å². The number of ether oxygens (including phenoxy) is 2. The molecule has 39 heavy (non-hydrogen) atoms. The molecule has 0 bridgehead atoms. The summed E-state index contributed by atoms with van der Waals surface area (Å²) >= 11 is 0. The Labute approximate surface area is 227 Å². The lowest BCUT2D eigenvalue weighted by Gasteiger charge is -2.26. The van der Waals surface area contributed by atoms with E-state index in [2.05, 4.69) is 10.9 Å². The fourth-order valence-corrected chi connectivity index (χ4v) is 5.32. The average molecular weight is 546 g/mol. The highest BCUT2D eigenvalue weighted by Gasteiger charge is 2.28. The lowest BCUT2D eigenvalue weighted by atomic mass is 10.2. The number of carbonyl (C=O) groups excluding carboxylic acids is 2. The van der Waals surface area contributed by atoms with Crippen molar-refractivity contribution < 1.29 is 27.5 Å². The van der Waals surface area contributed by atoms with Crippen molar-refractivity contribution in [2.45, 2.75) is 11.4 Å². The van der Waals surface area contributed by atoms with Gasteiger partial charge in [0.1, 0.15) is 11.5 Å². The second-order valence-corrected chi connectivity index (χ2v) is 10.2. The van der Waals surface area contributed by atoms with Crippen LogP contribution in [0.15, 0.2) is 108 Å². The molecule has 0 aliphatic carbocycles. The number of hydrogen-bond acceptors (Lipinski definition) is 6. The number of rotatable bonds is 9. The van der Waals surface area contributed by atoms with Crippen molar-refractivity contribution >= 4 is 27.5 Å². The van der Waals surface area contributed by atoms with Crippen LogP contribution in [0, 0.1) is 0 Å². The highest BCUT2D eigenvalue weighted by molar-refractivity contribution is 7.92. The zero-order chi connectivity index (χ0) is 27.8. The quantitative estimate of drug-likeness (QED) is 0.305. The van der Waals surface area contributed by atoms with Gasteiger partial charge in [0.15, 0.2) is 0 Å². The Morgan fingerprint density at radius 3 is 2.03 bits per heavy atom. The highest BCUT2D eigenvalue weighted by atomic mass is 32.2. The first-order valence-electron chi connectivity index (χ1n) is 11.9. The average Bonchev–Trinajstić information content (AvgIpc) is 2.99. The van der Waals surface area contributed by atoms with Crippen LogP contribution in [0.3, 0.4) is 0 Å². The van der Waals surface area contributed by atoms with Crippen LogP contribution in [0.5, 0.6) is 11.5 Å². The van der Waals surface area contributed by atoms with E-state index in [9.17, 15) is 18.0 Å². The number of nitrogens with one attached hydrogen (secondary N) is 2. The third kappa shape index (κ3) is 6.36. The molecule has 200 valence electrons. The topological polar surface area (TPSA) is 114 Å². The summed E-state index contributed by atoms with van der Waals surface area (Å²) in [6, 6.07) is 27.9. The van der Waals surface area contributed by atoms with E-state index in [-0.39, 0.29) is 17.0 Å². The Bertz CT molecular complexity index is 1560. The molecule has 0 saturated carbocycles. The molecule has 0 unspecified atom stereocenters. The smallest absolute Gasteiger partial charge is 0.269 e. The number of carbonyl (C=O) groups is 2. The van der Waals surface area contributed by atoms with Gasteiger partial charge < -0.3 is 9.47 Å². The maximum absolute atomic E-state index is 13.9. The first-order valence-corrected chi connectivity index (χ1v) is 13.3. The van der Waals surface area contributed by atoms with E-state index >= 15 is 0 Å². The summed E-state index contributed by atoms with van der Waals surface area (Å²) in [5.74, 6) is -0.254. The van der Waals surface area contributed by atoms with Gasteiger partial charge in [0, 0.05) is 11.1 Å². The second-order valence-electron chi connectivity index (χ2n) is 8.33. The van der Waals surface area contributed by atoms with Crippen molar-refractivity contribution in [1.82, 2.24) is 10.9 Å². The number of amides is 2. The van der Waals surface area contributed by atoms with E-state index in [0.717, 1.165) is 5.56 Å². The minimum atomic E-state index is -4.15. The van der Waals surface area contributed by atoms with Gasteiger partial charge in [0.05, 0.1) is 31.3 Å². The van der Waals surface area contributed by atoms with Crippen LogP contribution in [-0.4, -0.2) is 34.5 Å². The fourth-order valence-electron chi connectivity index (χ4n) is 3.81. The van der Waals surface area contributed by atoms with Crippen LogP contribution >= 0.6 is 0 Å². The van der Waals surface area contributed by atoms with Crippen molar-refractivity contribution in [3.63, 3.8) is 0 Å². The maximum atomic E-state index is 13.9. The zero-order valence-electron chi connectivity index (χ0n) is 21.3. The molecule has 0 saturated heterocycles. The van der Waals surface area contributed by atoms with Crippen LogP contribution in [0.25, 0.3) is 0 Å². The first kappa shape index (κ1) is 27.2. The Hall–Kier alpha value is -4.83. The summed E-state index contributed by atoms with van der Waals surface area (Å²) in [5.41, 5.74) is 6.13. The standard InChI is InChI=1S/C29H27N3O6S/c1-37-24-17-15-22(16-18-24)28(33)30-31-29(34)23-11-8-12-25(19-23)39(35,36)32(20-21-9-4-3-5-10-21)26-13-6-7-14-27(26)38-2/h3-19H,20H2,1-2H3,(H,30,33)(H,31,34). The molecule has 4 rings (SSSR count). The van der Waals surface area contributed by atoms with Crippen LogP contribution in [0.4, 0.5) is 5.69 Å². The van der Waals surface area contributed by atoms with Crippen molar-refractivity contribution in [2.75, 3.05) is 18.5 Å². The van der Waals surface area contributed by atoms with Gasteiger partial charge >= 0.3 is 0 Å². The summed E-state index contributed by atoms with van der Waals surface area (Å²) in [4.78, 5) is 25.1. The Kier molecular flexibility index (Phi) is 8.47. The van der Waals surface area contributed by atoms with Crippen LogP contribution < -0.4 is 24.6 Å². The number of hydrogen-bond donors (Lipinski definition) is 2. The number of anilines is 1. The third-order valence-electron chi connectivity index (χ3n) is 5.85. The van der Waals surface area contributed by atoms with Crippen molar-refractivity contribution in [3.05, 3.63) is 120 Å². The molecule has 2 amide bonds. The molecule has 4 aromatic rings. The van der Waals surface area contributed by atoms with Crippen LogP contribution in [-0.2, 0) is 16.6 Å². The van der Waals surface area contributed by atoms with Gasteiger partial charge in [-0.05, 0) is 60.2 Å². The minimum absolute atomic E-state index is 0.0396. The molecule has 4 aromatic carbocycles. The number of nitrogens with zero attached hydrogens (tertiary/aromatic N) is 1. The second kappa shape index (κ2) is 12.1. The summed E-state index contributed by atoms with van der Waals surface area (Å²) in [6.45, 7) is 0.0396. The number of hydrazine groups is 1. The van der Waals surface area contributed by atoms with Gasteiger partial charge in [-0.1, -0.05) is 48.5 Å². The minimum Gasteiger partial charge on any atom is -0.497 e. The molecular weight excluding hydrogens is 518 g/mol. The molecule has 2 N–H and O–H groups in total. The first-order chi connectivity index (χ1) is 18.8. The highest BCUT2D eigenvalue weighted by Crippen LogP contribution is 2.33. The summed E-state index contributed by atoms with van der Waals surface area (Å²) in [7, 11) is -1.16. The van der Waals surface area contributed by atoms with Crippen molar-refractivity contribution in [2.24, 2.45) is 0 Å². The fraction of sp³-hybridized carbons (Fsp3) is 0.103. The van der Waals surface area contributed by atoms with Crippen molar-refractivity contribution in [3.8, 4) is 11.5 Å². The van der Waals surface area contributed by atoms with E-state index in [1.807, 2.05) is 30.3 Å². The van der Waals surface area contributed by atoms with Gasteiger partial charge in [-0.2, -0.15) is 0 Å². The largest absolute Gasteiger partial charge is 0.497 e. The van der Waals surface area contributed by atoms with E-state index in [1.54, 1.807) is 48.5 Å². The van der Waals surface area contributed by atoms with Gasteiger partial charge in [0.2, 0.25) is 0 Å². The van der Waals surface area contributed by atoms with Crippen LogP contribution in [0.2, 0.25) is 0 Å². The molecular formula is C29H27N3O6S. The number of sulfonamides is 1. The number of benzene rings is 4. The molecule has 0 spiro atoms. The summed E-state index contributed by atoms with van der Waals surface area (Å²) < 4.78 is 39.6. The molecule has 0 fully saturated rings. The normalized spacial score (nSPS) is 10.8. The number of methoxy groups -OCH3 is 2. The lowest BCUT2D eigenvalue weighted by molar-refractivity contribution is 0.0846. The van der Waals surface area contributed by atoms with Gasteiger partial charge in [-0.15, -0.1) is 0 Å². The zero-order valence-corrected chi connectivity index (χ0v) is 22.1. The van der Waals surface area contributed by atoms with Crippen molar-refractivity contribution in [1.29, 1.82) is 0 Å². The number of para-hydroxylation sites is 2. The Morgan fingerprint density at radius 2 is 1.36 bits per heavy atom. The predicted molar refractivity (Wildman–Crippen MR) is 147 cm³/mol. The lowest BCUT2D eigenvalue weighted by Crippen LogP contribution is -2.41. The van der Waals surface area contributed by atoms with Gasteiger partial charge in [-0.25, -0.2) is 8.42 Å². The molecule has 9 nitrogen and oxygen atoms in total. The molecule has 10 heteroatoms. The van der Waals surface area contributed by atoms with E-state index in [0.29, 0.717) is 22.7 Å². The van der Waals surface area contributed by atoms with E-state index in [4.69, 9.17) is 9.47 Å². The van der Waals surface area contributed by atoms with Crippen LogP contribution in [0.1, 0.15) is 26.3 Å². The molecule has 0 atom stereocenters.